The van der Waals surface area contributed by atoms with Crippen molar-refractivity contribution < 1.29 is 4.74 Å². The number of benzene rings is 2. The number of aryl methyl sites for hydroxylation is 1. The van der Waals surface area contributed by atoms with Crippen LogP contribution in [0, 0.1) is 6.92 Å². The molecule has 0 aliphatic rings. The van der Waals surface area contributed by atoms with Gasteiger partial charge in [0.2, 0.25) is 0 Å². The van der Waals surface area contributed by atoms with Gasteiger partial charge in [0.15, 0.2) is 5.11 Å². The summed E-state index contributed by atoms with van der Waals surface area (Å²) in [5.41, 5.74) is 3.35. The number of thiocarbonyl (C=S) groups is 1. The van der Waals surface area contributed by atoms with E-state index < -0.39 is 0 Å². The number of rotatable bonds is 5. The van der Waals surface area contributed by atoms with Crippen LogP contribution in [0.1, 0.15) is 22.0 Å². The molecule has 5 heteroatoms. The van der Waals surface area contributed by atoms with E-state index in [0.29, 0.717) is 5.11 Å². The standard InChI is InChI=1S/C20H20N2OS2/c1-14-5-7-15(8-6-14)19(18-4-3-13-25-18)22-20(24)21-16-9-11-17(23-2)12-10-16/h3-13,19H,1-2H3,(H2,21,22,24)/t19-/m0/s1. The minimum atomic E-state index is 0.0267. The van der Waals surface area contributed by atoms with E-state index in [9.17, 15) is 0 Å². The minimum Gasteiger partial charge on any atom is -0.497 e. The first-order valence-corrected chi connectivity index (χ1v) is 9.26. The van der Waals surface area contributed by atoms with Gasteiger partial charge in [-0.25, -0.2) is 0 Å². The zero-order chi connectivity index (χ0) is 17.6. The van der Waals surface area contributed by atoms with Crippen LogP contribution in [0.25, 0.3) is 0 Å². The maximum Gasteiger partial charge on any atom is 0.171 e. The van der Waals surface area contributed by atoms with Crippen molar-refractivity contribution in [3.05, 3.63) is 82.0 Å². The van der Waals surface area contributed by atoms with Gasteiger partial charge in [0.25, 0.3) is 0 Å². The van der Waals surface area contributed by atoms with Crippen LogP contribution in [-0.2, 0) is 0 Å². The Labute approximate surface area is 157 Å². The van der Waals surface area contributed by atoms with Gasteiger partial charge in [-0.2, -0.15) is 0 Å². The van der Waals surface area contributed by atoms with Gasteiger partial charge in [0, 0.05) is 10.6 Å². The molecular formula is C20H20N2OS2. The van der Waals surface area contributed by atoms with Crippen molar-refractivity contribution in [2.24, 2.45) is 0 Å². The Morgan fingerprint density at radius 2 is 1.76 bits per heavy atom. The molecule has 1 aromatic heterocycles. The summed E-state index contributed by atoms with van der Waals surface area (Å²) in [4.78, 5) is 1.22. The van der Waals surface area contributed by atoms with Crippen LogP contribution in [0.5, 0.6) is 5.75 Å². The van der Waals surface area contributed by atoms with Gasteiger partial charge in [0.05, 0.1) is 13.2 Å². The van der Waals surface area contributed by atoms with E-state index in [0.717, 1.165) is 11.4 Å². The van der Waals surface area contributed by atoms with E-state index in [1.54, 1.807) is 18.4 Å². The highest BCUT2D eigenvalue weighted by Gasteiger charge is 2.16. The quantitative estimate of drug-likeness (QED) is 0.611. The lowest BCUT2D eigenvalue weighted by molar-refractivity contribution is 0.415. The minimum absolute atomic E-state index is 0.0267. The zero-order valence-electron chi connectivity index (χ0n) is 14.2. The van der Waals surface area contributed by atoms with Gasteiger partial charge in [-0.15, -0.1) is 11.3 Å². The SMILES string of the molecule is COc1ccc(NC(=S)N[C@@H](c2ccc(C)cc2)c2cccs2)cc1. The molecule has 0 saturated carbocycles. The van der Waals surface area contributed by atoms with Gasteiger partial charge in [0.1, 0.15) is 5.75 Å². The van der Waals surface area contributed by atoms with Crippen LogP contribution in [-0.4, -0.2) is 12.2 Å². The lowest BCUT2D eigenvalue weighted by atomic mass is 10.0. The number of anilines is 1. The molecule has 1 heterocycles. The average molecular weight is 369 g/mol. The fraction of sp³-hybridized carbons (Fsp3) is 0.150. The molecule has 0 aliphatic carbocycles. The first-order valence-electron chi connectivity index (χ1n) is 7.97. The molecule has 0 radical (unpaired) electrons. The van der Waals surface area contributed by atoms with Crippen molar-refractivity contribution in [1.29, 1.82) is 0 Å². The molecule has 0 aliphatic heterocycles. The van der Waals surface area contributed by atoms with Gasteiger partial charge >= 0.3 is 0 Å². The maximum atomic E-state index is 5.52. The van der Waals surface area contributed by atoms with Crippen LogP contribution in [0.4, 0.5) is 5.69 Å². The van der Waals surface area contributed by atoms with Crippen LogP contribution >= 0.6 is 23.6 Å². The number of nitrogens with one attached hydrogen (secondary N) is 2. The van der Waals surface area contributed by atoms with Gasteiger partial charge in [-0.3, -0.25) is 0 Å². The van der Waals surface area contributed by atoms with Gasteiger partial charge in [-0.1, -0.05) is 35.9 Å². The molecule has 3 nitrogen and oxygen atoms in total. The average Bonchev–Trinajstić information content (AvgIpc) is 3.15. The van der Waals surface area contributed by atoms with Crippen molar-refractivity contribution >= 4 is 34.4 Å². The Balaban J connectivity index is 1.75. The highest BCUT2D eigenvalue weighted by molar-refractivity contribution is 7.80. The molecule has 2 N–H and O–H groups in total. The van der Waals surface area contributed by atoms with Gasteiger partial charge < -0.3 is 15.4 Å². The Bertz CT molecular complexity index is 812. The summed E-state index contributed by atoms with van der Waals surface area (Å²) in [6.45, 7) is 2.09. The lowest BCUT2D eigenvalue weighted by Gasteiger charge is -2.21. The largest absolute Gasteiger partial charge is 0.497 e. The Kier molecular flexibility index (Phi) is 5.68. The number of thiophene rings is 1. The molecule has 0 bridgehead atoms. The van der Waals surface area contributed by atoms with Crippen LogP contribution < -0.4 is 15.4 Å². The van der Waals surface area contributed by atoms with E-state index >= 15 is 0 Å². The monoisotopic (exact) mass is 368 g/mol. The predicted molar refractivity (Wildman–Crippen MR) is 110 cm³/mol. The fourth-order valence-electron chi connectivity index (χ4n) is 2.51. The van der Waals surface area contributed by atoms with E-state index in [1.165, 1.54) is 16.0 Å². The van der Waals surface area contributed by atoms with E-state index in [4.69, 9.17) is 17.0 Å². The number of hydrogen-bond donors (Lipinski definition) is 2. The molecule has 0 fully saturated rings. The maximum absolute atomic E-state index is 5.52. The molecule has 3 aromatic rings. The van der Waals surface area contributed by atoms with E-state index in [1.807, 2.05) is 24.3 Å². The topological polar surface area (TPSA) is 33.3 Å². The highest BCUT2D eigenvalue weighted by Crippen LogP contribution is 2.26. The summed E-state index contributed by atoms with van der Waals surface area (Å²) >= 11 is 7.24. The first kappa shape index (κ1) is 17.5. The Morgan fingerprint density at radius 1 is 1.04 bits per heavy atom. The molecule has 0 spiro atoms. The zero-order valence-corrected chi connectivity index (χ0v) is 15.8. The van der Waals surface area contributed by atoms with Crippen molar-refractivity contribution in [3.8, 4) is 5.75 Å². The number of ether oxygens (including phenoxy) is 1. The van der Waals surface area contributed by atoms with Crippen molar-refractivity contribution in [3.63, 3.8) is 0 Å². The molecule has 1 atom stereocenters. The normalized spacial score (nSPS) is 11.6. The summed E-state index contributed by atoms with van der Waals surface area (Å²) in [5.74, 6) is 0.820. The van der Waals surface area contributed by atoms with Crippen molar-refractivity contribution in [2.75, 3.05) is 12.4 Å². The van der Waals surface area contributed by atoms with E-state index in [2.05, 4.69) is 59.3 Å². The van der Waals surface area contributed by atoms with E-state index in [-0.39, 0.29) is 6.04 Å². The summed E-state index contributed by atoms with van der Waals surface area (Å²) in [5, 5.41) is 9.34. The van der Waals surface area contributed by atoms with Crippen LogP contribution in [0.3, 0.4) is 0 Å². The third-order valence-corrected chi connectivity index (χ3v) is 5.02. The molecule has 25 heavy (non-hydrogen) atoms. The summed E-state index contributed by atoms with van der Waals surface area (Å²) in [6, 6.07) is 20.4. The fourth-order valence-corrected chi connectivity index (χ4v) is 3.54. The van der Waals surface area contributed by atoms with Crippen LogP contribution in [0.2, 0.25) is 0 Å². The number of methoxy groups -OCH3 is 1. The number of hydrogen-bond acceptors (Lipinski definition) is 3. The van der Waals surface area contributed by atoms with Gasteiger partial charge in [-0.05, 0) is 60.4 Å². The highest BCUT2D eigenvalue weighted by atomic mass is 32.1. The molecule has 3 rings (SSSR count). The third-order valence-electron chi connectivity index (χ3n) is 3.86. The second-order valence-corrected chi connectivity index (χ2v) is 7.07. The predicted octanol–water partition coefficient (Wildman–Crippen LogP) is 5.14. The Morgan fingerprint density at radius 3 is 2.36 bits per heavy atom. The lowest BCUT2D eigenvalue weighted by Crippen LogP contribution is -2.32. The molecule has 128 valence electrons. The smallest absolute Gasteiger partial charge is 0.171 e. The molecule has 0 unspecified atom stereocenters. The molecule has 2 aromatic carbocycles. The van der Waals surface area contributed by atoms with Crippen molar-refractivity contribution in [2.45, 2.75) is 13.0 Å². The molecule has 0 saturated heterocycles. The summed E-state index contributed by atoms with van der Waals surface area (Å²) in [6.07, 6.45) is 0. The third kappa shape index (κ3) is 4.59. The summed E-state index contributed by atoms with van der Waals surface area (Å²) < 4.78 is 5.18. The molecular weight excluding hydrogens is 348 g/mol. The second kappa shape index (κ2) is 8.14. The summed E-state index contributed by atoms with van der Waals surface area (Å²) in [7, 11) is 1.65. The second-order valence-electron chi connectivity index (χ2n) is 5.69. The molecule has 0 amide bonds. The van der Waals surface area contributed by atoms with Crippen LogP contribution in [0.15, 0.2) is 66.0 Å². The van der Waals surface area contributed by atoms with Crippen molar-refractivity contribution in [1.82, 2.24) is 5.32 Å². The Hall–Kier alpha value is -2.37. The first-order chi connectivity index (χ1) is 12.2.